The molecule has 0 saturated heterocycles. The molecule has 0 fully saturated rings. The molecular weight excluding hydrogens is 310 g/mol. The molecule has 2 aromatic carbocycles. The maximum absolute atomic E-state index is 12.5. The van der Waals surface area contributed by atoms with Gasteiger partial charge in [0.1, 0.15) is 11.6 Å². The highest BCUT2D eigenvalue weighted by Gasteiger charge is 2.26. The van der Waals surface area contributed by atoms with E-state index in [1.807, 2.05) is 48.5 Å². The number of hydrogen-bond donors (Lipinski definition) is 2. The van der Waals surface area contributed by atoms with Crippen molar-refractivity contribution >= 4 is 23.1 Å². The first-order valence-electron chi connectivity index (χ1n) is 7.19. The molecule has 0 bridgehead atoms. The van der Waals surface area contributed by atoms with Crippen LogP contribution in [0.3, 0.4) is 0 Å². The predicted octanol–water partition coefficient (Wildman–Crippen LogP) is 3.38. The van der Waals surface area contributed by atoms with Crippen LogP contribution in [-0.2, 0) is 4.79 Å². The van der Waals surface area contributed by atoms with Crippen molar-refractivity contribution in [2.45, 2.75) is 12.5 Å². The zero-order chi connectivity index (χ0) is 16.2. The number of nitrogens with zero attached hydrogens (tertiary/aromatic N) is 1. The lowest BCUT2D eigenvalue weighted by atomic mass is 9.97. The van der Waals surface area contributed by atoms with E-state index in [1.165, 1.54) is 0 Å². The van der Waals surface area contributed by atoms with E-state index < -0.39 is 0 Å². The number of hydrazine groups is 1. The Morgan fingerprint density at radius 1 is 1.09 bits per heavy atom. The molecule has 0 unspecified atom stereocenters. The average Bonchev–Trinajstić information content (AvgIpc) is 2.75. The summed E-state index contributed by atoms with van der Waals surface area (Å²) in [6.07, 6.45) is 0.202. The van der Waals surface area contributed by atoms with Gasteiger partial charge in [-0.25, -0.2) is 5.43 Å². The maximum Gasteiger partial charge on any atom is 0.177 e. The number of nitrogens with one attached hydrogen (secondary N) is 2. The first-order valence-corrected chi connectivity index (χ1v) is 7.57. The minimum Gasteiger partial charge on any atom is -0.319 e. The molecule has 23 heavy (non-hydrogen) atoms. The van der Waals surface area contributed by atoms with Crippen LogP contribution < -0.4 is 10.9 Å². The van der Waals surface area contributed by atoms with Crippen LogP contribution in [-0.4, -0.2) is 5.78 Å². The van der Waals surface area contributed by atoms with Gasteiger partial charge in [-0.15, -0.1) is 0 Å². The van der Waals surface area contributed by atoms with Gasteiger partial charge in [0, 0.05) is 17.0 Å². The summed E-state index contributed by atoms with van der Waals surface area (Å²) in [6.45, 7) is 0. The van der Waals surface area contributed by atoms with Crippen molar-refractivity contribution in [3.8, 4) is 6.07 Å². The third-order valence-corrected chi connectivity index (χ3v) is 3.99. The predicted molar refractivity (Wildman–Crippen MR) is 89.1 cm³/mol. The minimum absolute atomic E-state index is 0.139. The number of nitriles is 1. The van der Waals surface area contributed by atoms with E-state index >= 15 is 0 Å². The molecule has 3 rings (SSSR count). The van der Waals surface area contributed by atoms with Crippen molar-refractivity contribution in [3.63, 3.8) is 0 Å². The van der Waals surface area contributed by atoms with Gasteiger partial charge in [-0.1, -0.05) is 54.1 Å². The molecule has 0 aliphatic carbocycles. The Labute approximate surface area is 139 Å². The molecule has 1 heterocycles. The smallest absolute Gasteiger partial charge is 0.177 e. The van der Waals surface area contributed by atoms with Crippen LogP contribution in [0.4, 0.5) is 0 Å². The molecule has 4 nitrogen and oxygen atoms in total. The monoisotopic (exact) mass is 323 g/mol. The summed E-state index contributed by atoms with van der Waals surface area (Å²) in [5.41, 5.74) is 8.56. The normalized spacial score (nSPS) is 18.1. The Bertz CT molecular complexity index is 791. The maximum atomic E-state index is 12.5. The van der Waals surface area contributed by atoms with Crippen LogP contribution in [0.2, 0.25) is 5.02 Å². The van der Waals surface area contributed by atoms with Gasteiger partial charge in [-0.05, 0) is 17.7 Å². The lowest BCUT2D eigenvalue weighted by molar-refractivity contribution is -0.115. The molecule has 0 amide bonds. The third-order valence-electron chi connectivity index (χ3n) is 3.74. The van der Waals surface area contributed by atoms with Crippen molar-refractivity contribution in [2.75, 3.05) is 0 Å². The highest BCUT2D eigenvalue weighted by Crippen LogP contribution is 2.26. The van der Waals surface area contributed by atoms with Crippen molar-refractivity contribution < 1.29 is 4.79 Å². The second-order valence-electron chi connectivity index (χ2n) is 5.23. The number of allylic oxidation sites excluding steroid dienone is 1. The Morgan fingerprint density at radius 2 is 1.78 bits per heavy atom. The summed E-state index contributed by atoms with van der Waals surface area (Å²) < 4.78 is 0. The Hall–Kier alpha value is -2.61. The summed E-state index contributed by atoms with van der Waals surface area (Å²) in [5, 5.41) is 10.0. The van der Waals surface area contributed by atoms with Crippen LogP contribution >= 0.6 is 11.6 Å². The van der Waals surface area contributed by atoms with Gasteiger partial charge in [-0.2, -0.15) is 5.26 Å². The first kappa shape index (κ1) is 15.3. The number of carbonyl (C=O) groups is 1. The van der Waals surface area contributed by atoms with Crippen molar-refractivity contribution in [2.24, 2.45) is 0 Å². The number of carbonyl (C=O) groups excluding carboxylic acids is 1. The number of ketones is 1. The molecule has 2 N–H and O–H groups in total. The topological polar surface area (TPSA) is 64.9 Å². The van der Waals surface area contributed by atoms with Crippen molar-refractivity contribution in [3.05, 3.63) is 76.3 Å². The number of rotatable bonds is 2. The summed E-state index contributed by atoms with van der Waals surface area (Å²) in [4.78, 5) is 12.5. The summed E-state index contributed by atoms with van der Waals surface area (Å²) in [6, 6.07) is 18.4. The molecule has 114 valence electrons. The van der Waals surface area contributed by atoms with E-state index in [0.717, 1.165) is 11.1 Å². The third kappa shape index (κ3) is 3.26. The van der Waals surface area contributed by atoms with Crippen LogP contribution in [0.1, 0.15) is 23.6 Å². The van der Waals surface area contributed by atoms with Gasteiger partial charge in [0.25, 0.3) is 0 Å². The number of benzene rings is 2. The standard InChI is InChI=1S/C18H14ClN3O/c19-14-8-6-12(7-9-14)16-10-17(23)15(11-20)18(22-21-16)13-4-2-1-3-5-13/h1-9,16,21-22H,10H2/t16-/m0/s1. The molecule has 5 heteroatoms. The second kappa shape index (κ2) is 6.66. The Kier molecular flexibility index (Phi) is 4.42. The van der Waals surface area contributed by atoms with Crippen molar-refractivity contribution in [1.82, 2.24) is 10.9 Å². The van der Waals surface area contributed by atoms with Crippen LogP contribution in [0.15, 0.2) is 60.2 Å². The molecule has 1 aliphatic rings. The van der Waals surface area contributed by atoms with Gasteiger partial charge in [0.05, 0.1) is 11.7 Å². The van der Waals surface area contributed by atoms with E-state index in [-0.39, 0.29) is 23.8 Å². The summed E-state index contributed by atoms with van der Waals surface area (Å²) in [7, 11) is 0. The van der Waals surface area contributed by atoms with Gasteiger partial charge in [0.2, 0.25) is 0 Å². The highest BCUT2D eigenvalue weighted by molar-refractivity contribution is 6.30. The van der Waals surface area contributed by atoms with Crippen LogP contribution in [0, 0.1) is 11.3 Å². The van der Waals surface area contributed by atoms with Crippen LogP contribution in [0.5, 0.6) is 0 Å². The SMILES string of the molecule is N#CC1=C(c2ccccc2)NN[C@H](c2ccc(Cl)cc2)CC1=O. The molecule has 1 aliphatic heterocycles. The second-order valence-corrected chi connectivity index (χ2v) is 5.67. The summed E-state index contributed by atoms with van der Waals surface area (Å²) >= 11 is 5.91. The molecule has 0 saturated carbocycles. The average molecular weight is 324 g/mol. The molecule has 0 radical (unpaired) electrons. The van der Waals surface area contributed by atoms with E-state index in [9.17, 15) is 10.1 Å². The Morgan fingerprint density at radius 3 is 2.43 bits per heavy atom. The Balaban J connectivity index is 1.93. The van der Waals surface area contributed by atoms with Gasteiger partial charge < -0.3 is 5.43 Å². The fraction of sp³-hybridized carbons (Fsp3) is 0.111. The van der Waals surface area contributed by atoms with Gasteiger partial charge >= 0.3 is 0 Å². The molecule has 2 aromatic rings. The number of halogens is 1. The number of hydrogen-bond acceptors (Lipinski definition) is 4. The quantitative estimate of drug-likeness (QED) is 0.889. The first-order chi connectivity index (χ1) is 11.2. The lowest BCUT2D eigenvalue weighted by Gasteiger charge is -2.17. The van der Waals surface area contributed by atoms with Gasteiger partial charge in [0.15, 0.2) is 5.78 Å². The van der Waals surface area contributed by atoms with E-state index in [4.69, 9.17) is 11.6 Å². The van der Waals surface area contributed by atoms with E-state index in [2.05, 4.69) is 10.9 Å². The van der Waals surface area contributed by atoms with E-state index in [1.54, 1.807) is 12.1 Å². The van der Waals surface area contributed by atoms with E-state index in [0.29, 0.717) is 10.7 Å². The van der Waals surface area contributed by atoms with Crippen molar-refractivity contribution in [1.29, 1.82) is 5.26 Å². The largest absolute Gasteiger partial charge is 0.319 e. The molecular formula is C18H14ClN3O. The lowest BCUT2D eigenvalue weighted by Crippen LogP contribution is -2.33. The zero-order valence-electron chi connectivity index (χ0n) is 12.2. The number of Topliss-reactive ketones (excluding diaryl/α,β-unsaturated/α-hetero) is 1. The fourth-order valence-electron chi connectivity index (χ4n) is 2.54. The minimum atomic E-state index is -0.232. The fourth-order valence-corrected chi connectivity index (χ4v) is 2.66. The highest BCUT2D eigenvalue weighted by atomic mass is 35.5. The van der Waals surface area contributed by atoms with Gasteiger partial charge in [-0.3, -0.25) is 4.79 Å². The molecule has 1 atom stereocenters. The molecule has 0 aromatic heterocycles. The van der Waals surface area contributed by atoms with Crippen LogP contribution in [0.25, 0.3) is 5.70 Å². The summed E-state index contributed by atoms with van der Waals surface area (Å²) in [5.74, 6) is -0.191. The zero-order valence-corrected chi connectivity index (χ0v) is 13.0. The molecule has 0 spiro atoms.